The summed E-state index contributed by atoms with van der Waals surface area (Å²) in [6.07, 6.45) is 2.53. The number of likely N-dealkylation sites (tertiary alicyclic amines) is 1. The van der Waals surface area contributed by atoms with Gasteiger partial charge in [0, 0.05) is 24.8 Å². The molecule has 0 spiro atoms. The Kier molecular flexibility index (Phi) is 3.58. The molecule has 1 aromatic heterocycles. The van der Waals surface area contributed by atoms with Crippen LogP contribution < -0.4 is 5.73 Å². The van der Waals surface area contributed by atoms with E-state index in [0.29, 0.717) is 5.82 Å². The normalized spacial score (nSPS) is 20.4. The van der Waals surface area contributed by atoms with E-state index >= 15 is 0 Å². The van der Waals surface area contributed by atoms with E-state index in [-0.39, 0.29) is 11.9 Å². The minimum atomic E-state index is -0.119. The summed E-state index contributed by atoms with van der Waals surface area (Å²) in [5, 5.41) is 0. The van der Waals surface area contributed by atoms with Crippen LogP contribution in [-0.4, -0.2) is 36.1 Å². The highest BCUT2D eigenvalue weighted by atomic mass is 16.5. The number of esters is 1. The van der Waals surface area contributed by atoms with Crippen LogP contribution in [0.2, 0.25) is 0 Å². The second-order valence-electron chi connectivity index (χ2n) is 4.29. The van der Waals surface area contributed by atoms with Crippen molar-refractivity contribution >= 4 is 11.8 Å². The lowest BCUT2D eigenvalue weighted by Gasteiger charge is -2.16. The van der Waals surface area contributed by atoms with E-state index in [1.54, 1.807) is 6.20 Å². The van der Waals surface area contributed by atoms with Crippen LogP contribution in [0.3, 0.4) is 0 Å². The molecular weight excluding hydrogens is 218 g/mol. The van der Waals surface area contributed by atoms with Gasteiger partial charge in [-0.15, -0.1) is 0 Å². The van der Waals surface area contributed by atoms with Crippen LogP contribution in [0.15, 0.2) is 18.3 Å². The maximum atomic E-state index is 11.4. The number of carbonyl (C=O) groups excluding carboxylic acids is 1. The Balaban J connectivity index is 1.94. The van der Waals surface area contributed by atoms with E-state index in [9.17, 15) is 4.79 Å². The molecule has 17 heavy (non-hydrogen) atoms. The summed E-state index contributed by atoms with van der Waals surface area (Å²) < 4.78 is 4.75. The number of methoxy groups -OCH3 is 1. The zero-order valence-corrected chi connectivity index (χ0v) is 9.93. The van der Waals surface area contributed by atoms with Gasteiger partial charge in [-0.3, -0.25) is 9.69 Å². The Morgan fingerprint density at radius 3 is 3.24 bits per heavy atom. The maximum Gasteiger partial charge on any atom is 0.310 e. The summed E-state index contributed by atoms with van der Waals surface area (Å²) in [4.78, 5) is 17.6. The molecule has 0 radical (unpaired) electrons. The average molecular weight is 235 g/mol. The third-order valence-corrected chi connectivity index (χ3v) is 3.13. The van der Waals surface area contributed by atoms with Crippen molar-refractivity contribution in [1.82, 2.24) is 9.88 Å². The van der Waals surface area contributed by atoms with Crippen LogP contribution in [0.5, 0.6) is 0 Å². The van der Waals surface area contributed by atoms with Crippen LogP contribution in [0.4, 0.5) is 5.82 Å². The van der Waals surface area contributed by atoms with E-state index < -0.39 is 0 Å². The molecule has 1 atom stereocenters. The molecular formula is C12H17N3O2. The van der Waals surface area contributed by atoms with Gasteiger partial charge in [0.2, 0.25) is 0 Å². The second-order valence-corrected chi connectivity index (χ2v) is 4.29. The van der Waals surface area contributed by atoms with Crippen molar-refractivity contribution in [2.24, 2.45) is 5.92 Å². The SMILES string of the molecule is COC(=O)C1CCN(Cc2cccnc2N)C1. The first-order valence-corrected chi connectivity index (χ1v) is 5.70. The third-order valence-electron chi connectivity index (χ3n) is 3.13. The first-order chi connectivity index (χ1) is 8.20. The number of anilines is 1. The summed E-state index contributed by atoms with van der Waals surface area (Å²) in [5.74, 6) is 0.443. The topological polar surface area (TPSA) is 68.5 Å². The Morgan fingerprint density at radius 2 is 2.53 bits per heavy atom. The van der Waals surface area contributed by atoms with Gasteiger partial charge in [-0.25, -0.2) is 4.98 Å². The van der Waals surface area contributed by atoms with Crippen LogP contribution in [0.1, 0.15) is 12.0 Å². The number of nitrogens with zero attached hydrogens (tertiary/aromatic N) is 2. The van der Waals surface area contributed by atoms with E-state index in [0.717, 1.165) is 31.6 Å². The number of carbonyl (C=O) groups is 1. The van der Waals surface area contributed by atoms with Crippen molar-refractivity contribution in [3.8, 4) is 0 Å². The molecule has 1 aliphatic heterocycles. The molecule has 5 nitrogen and oxygen atoms in total. The molecule has 1 aromatic rings. The molecule has 1 saturated heterocycles. The molecule has 1 fully saturated rings. The predicted octanol–water partition coefficient (Wildman–Crippen LogP) is 0.659. The van der Waals surface area contributed by atoms with Crippen molar-refractivity contribution < 1.29 is 9.53 Å². The van der Waals surface area contributed by atoms with Gasteiger partial charge in [0.1, 0.15) is 5.82 Å². The second kappa shape index (κ2) is 5.14. The number of nitrogens with two attached hydrogens (primary N) is 1. The van der Waals surface area contributed by atoms with Crippen molar-refractivity contribution in [2.45, 2.75) is 13.0 Å². The summed E-state index contributed by atoms with van der Waals surface area (Å²) in [7, 11) is 1.43. The molecule has 92 valence electrons. The van der Waals surface area contributed by atoms with Crippen molar-refractivity contribution in [3.05, 3.63) is 23.9 Å². The molecule has 2 heterocycles. The highest BCUT2D eigenvalue weighted by Gasteiger charge is 2.29. The smallest absolute Gasteiger partial charge is 0.310 e. The molecule has 0 bridgehead atoms. The molecule has 0 saturated carbocycles. The first kappa shape index (κ1) is 11.9. The minimum Gasteiger partial charge on any atom is -0.469 e. The number of nitrogen functional groups attached to an aromatic ring is 1. The maximum absolute atomic E-state index is 11.4. The Bertz CT molecular complexity index is 408. The van der Waals surface area contributed by atoms with Crippen LogP contribution in [0, 0.1) is 5.92 Å². The van der Waals surface area contributed by atoms with Crippen molar-refractivity contribution in [1.29, 1.82) is 0 Å². The Morgan fingerprint density at radius 1 is 1.71 bits per heavy atom. The zero-order valence-electron chi connectivity index (χ0n) is 9.93. The van der Waals surface area contributed by atoms with E-state index in [4.69, 9.17) is 10.5 Å². The van der Waals surface area contributed by atoms with Crippen LogP contribution in [0.25, 0.3) is 0 Å². The first-order valence-electron chi connectivity index (χ1n) is 5.70. The fraction of sp³-hybridized carbons (Fsp3) is 0.500. The number of hydrogen-bond acceptors (Lipinski definition) is 5. The molecule has 2 N–H and O–H groups in total. The highest BCUT2D eigenvalue weighted by molar-refractivity contribution is 5.72. The molecule has 0 aromatic carbocycles. The Labute approximate surface area is 101 Å². The molecule has 5 heteroatoms. The van der Waals surface area contributed by atoms with Crippen molar-refractivity contribution in [2.75, 3.05) is 25.9 Å². The molecule has 1 unspecified atom stereocenters. The van der Waals surface area contributed by atoms with Gasteiger partial charge in [0.05, 0.1) is 13.0 Å². The quantitative estimate of drug-likeness (QED) is 0.779. The number of hydrogen-bond donors (Lipinski definition) is 1. The van der Waals surface area contributed by atoms with Gasteiger partial charge in [-0.2, -0.15) is 0 Å². The lowest BCUT2D eigenvalue weighted by molar-refractivity contribution is -0.144. The van der Waals surface area contributed by atoms with E-state index in [1.165, 1.54) is 7.11 Å². The van der Waals surface area contributed by atoms with Gasteiger partial charge < -0.3 is 10.5 Å². The summed E-state index contributed by atoms with van der Waals surface area (Å²) in [6.45, 7) is 2.38. The third kappa shape index (κ3) is 2.74. The molecule has 0 amide bonds. The van der Waals surface area contributed by atoms with Gasteiger partial charge >= 0.3 is 5.97 Å². The van der Waals surface area contributed by atoms with Crippen LogP contribution in [-0.2, 0) is 16.1 Å². The average Bonchev–Trinajstić information content (AvgIpc) is 2.80. The molecule has 2 rings (SSSR count). The number of ether oxygens (including phenoxy) is 1. The lowest BCUT2D eigenvalue weighted by Crippen LogP contribution is -2.24. The minimum absolute atomic E-state index is 0.00195. The van der Waals surface area contributed by atoms with E-state index in [2.05, 4.69) is 9.88 Å². The fourth-order valence-corrected chi connectivity index (χ4v) is 2.16. The van der Waals surface area contributed by atoms with Crippen LogP contribution >= 0.6 is 0 Å². The molecule has 1 aliphatic rings. The number of rotatable bonds is 3. The Hall–Kier alpha value is -1.62. The lowest BCUT2D eigenvalue weighted by atomic mass is 10.1. The zero-order chi connectivity index (χ0) is 12.3. The fourth-order valence-electron chi connectivity index (χ4n) is 2.16. The van der Waals surface area contributed by atoms with Gasteiger partial charge in [-0.1, -0.05) is 6.07 Å². The number of aromatic nitrogens is 1. The highest BCUT2D eigenvalue weighted by Crippen LogP contribution is 2.20. The number of pyridine rings is 1. The molecule has 0 aliphatic carbocycles. The van der Waals surface area contributed by atoms with Gasteiger partial charge in [-0.05, 0) is 19.0 Å². The summed E-state index contributed by atoms with van der Waals surface area (Å²) in [5.41, 5.74) is 6.80. The predicted molar refractivity (Wildman–Crippen MR) is 64.0 cm³/mol. The standard InChI is InChI=1S/C12H17N3O2/c1-17-12(16)10-4-6-15(8-10)7-9-3-2-5-14-11(9)13/h2-3,5,10H,4,6-8H2,1H3,(H2,13,14). The monoisotopic (exact) mass is 235 g/mol. The summed E-state index contributed by atoms with van der Waals surface area (Å²) in [6, 6.07) is 3.84. The van der Waals surface area contributed by atoms with Gasteiger partial charge in [0.25, 0.3) is 0 Å². The van der Waals surface area contributed by atoms with Crippen molar-refractivity contribution in [3.63, 3.8) is 0 Å². The van der Waals surface area contributed by atoms with Gasteiger partial charge in [0.15, 0.2) is 0 Å². The van der Waals surface area contributed by atoms with E-state index in [1.807, 2.05) is 12.1 Å². The largest absolute Gasteiger partial charge is 0.469 e. The summed E-state index contributed by atoms with van der Waals surface area (Å²) >= 11 is 0.